The summed E-state index contributed by atoms with van der Waals surface area (Å²) in [4.78, 5) is 15.2. The molecule has 0 spiro atoms. The number of nitrogens with zero attached hydrogens (tertiary/aromatic N) is 2. The molecule has 1 saturated carbocycles. The molecule has 2 atom stereocenters. The van der Waals surface area contributed by atoms with Gasteiger partial charge in [0, 0.05) is 25.6 Å². The van der Waals surface area contributed by atoms with Crippen LogP contribution >= 0.6 is 11.3 Å². The summed E-state index contributed by atoms with van der Waals surface area (Å²) in [5.74, 6) is 0.271. The highest BCUT2D eigenvalue weighted by Gasteiger charge is 2.63. The first kappa shape index (κ1) is 14.4. The van der Waals surface area contributed by atoms with Crippen LogP contribution < -0.4 is 0 Å². The average Bonchev–Trinajstić information content (AvgIpc) is 2.97. The fourth-order valence-electron chi connectivity index (χ4n) is 3.39. The second-order valence-electron chi connectivity index (χ2n) is 6.31. The van der Waals surface area contributed by atoms with Gasteiger partial charge in [-0.2, -0.15) is 5.26 Å². The summed E-state index contributed by atoms with van der Waals surface area (Å²) in [5, 5.41) is 10.7. The van der Waals surface area contributed by atoms with E-state index in [-0.39, 0.29) is 11.6 Å². The smallest absolute Gasteiger partial charge is 0.348 e. The molecule has 2 unspecified atom stereocenters. The molecule has 0 amide bonds. The van der Waals surface area contributed by atoms with Crippen LogP contribution in [0, 0.1) is 17.2 Å². The minimum atomic E-state index is -0.270. The molecule has 2 aliphatic rings. The molecule has 1 aliphatic heterocycles. The number of carbonyl (C=O) groups excluding carboxylic acids is 1. The van der Waals surface area contributed by atoms with Crippen molar-refractivity contribution in [2.75, 3.05) is 13.1 Å². The fourth-order valence-corrected chi connectivity index (χ4v) is 3.99. The maximum Gasteiger partial charge on any atom is 0.348 e. The van der Waals surface area contributed by atoms with Crippen molar-refractivity contribution >= 4 is 17.3 Å². The number of thiophene rings is 1. The molecule has 2 aromatic rings. The Morgan fingerprint density at radius 2 is 2.22 bits per heavy atom. The normalized spacial score (nSPS) is 25.6. The molecule has 0 radical (unpaired) electrons. The van der Waals surface area contributed by atoms with E-state index in [9.17, 15) is 4.79 Å². The molecule has 1 aromatic heterocycles. The third kappa shape index (κ3) is 2.76. The topological polar surface area (TPSA) is 53.3 Å². The van der Waals surface area contributed by atoms with Crippen molar-refractivity contribution in [1.82, 2.24) is 4.90 Å². The van der Waals surface area contributed by atoms with Crippen molar-refractivity contribution in [3.05, 3.63) is 57.8 Å². The third-order valence-electron chi connectivity index (χ3n) is 4.65. The Morgan fingerprint density at radius 3 is 2.91 bits per heavy atom. The molecule has 23 heavy (non-hydrogen) atoms. The molecule has 116 valence electrons. The second kappa shape index (κ2) is 5.48. The lowest BCUT2D eigenvalue weighted by molar-refractivity contribution is 0.0195. The number of hydrogen-bond acceptors (Lipinski definition) is 5. The lowest BCUT2D eigenvalue weighted by atomic mass is 10.1. The number of hydrogen-bond donors (Lipinski definition) is 0. The predicted molar refractivity (Wildman–Crippen MR) is 87.0 cm³/mol. The van der Waals surface area contributed by atoms with Crippen molar-refractivity contribution in [1.29, 1.82) is 5.26 Å². The van der Waals surface area contributed by atoms with Crippen LogP contribution in [0.5, 0.6) is 0 Å². The number of piperidine rings is 1. The van der Waals surface area contributed by atoms with Gasteiger partial charge in [0.2, 0.25) is 0 Å². The van der Waals surface area contributed by atoms with E-state index in [1.807, 2.05) is 41.8 Å². The van der Waals surface area contributed by atoms with Gasteiger partial charge in [-0.3, -0.25) is 4.90 Å². The number of likely N-dealkylation sites (tertiary alicyclic amines) is 1. The highest BCUT2D eigenvalue weighted by molar-refractivity contribution is 7.11. The van der Waals surface area contributed by atoms with Crippen LogP contribution in [0.25, 0.3) is 0 Å². The van der Waals surface area contributed by atoms with E-state index in [0.29, 0.717) is 16.4 Å². The Morgan fingerprint density at radius 1 is 1.39 bits per heavy atom. The van der Waals surface area contributed by atoms with E-state index in [1.165, 1.54) is 16.9 Å². The number of rotatable bonds is 4. The fraction of sp³-hybridized carbons (Fsp3) is 0.333. The molecule has 0 bridgehead atoms. The lowest BCUT2D eigenvalue weighted by Crippen LogP contribution is -2.30. The molecule has 2 fully saturated rings. The average molecular weight is 324 g/mol. The highest BCUT2D eigenvalue weighted by atomic mass is 32.1. The summed E-state index contributed by atoms with van der Waals surface area (Å²) < 4.78 is 5.81. The Hall–Kier alpha value is -2.16. The number of fused-ring (bicyclic) bond motifs is 1. The van der Waals surface area contributed by atoms with Crippen LogP contribution in [0.4, 0.5) is 0 Å². The van der Waals surface area contributed by atoms with Crippen LogP contribution in [0.2, 0.25) is 0 Å². The standard InChI is InChI=1S/C18H16N2O2S/c19-9-13-3-5-14(6-4-13)10-20-11-15-8-18(15,12-20)22-17(21)16-2-1-7-23-16/h1-7,15H,8,10-12H2. The van der Waals surface area contributed by atoms with E-state index in [2.05, 4.69) is 11.0 Å². The van der Waals surface area contributed by atoms with Gasteiger partial charge in [0.05, 0.1) is 11.6 Å². The Bertz CT molecular complexity index is 763. The molecular weight excluding hydrogens is 308 g/mol. The van der Waals surface area contributed by atoms with Crippen molar-refractivity contribution in [2.45, 2.75) is 18.6 Å². The Balaban J connectivity index is 1.38. The molecular formula is C18H16N2O2S. The number of ether oxygens (including phenoxy) is 1. The van der Waals surface area contributed by atoms with Gasteiger partial charge in [-0.05, 0) is 35.6 Å². The second-order valence-corrected chi connectivity index (χ2v) is 7.26. The van der Waals surface area contributed by atoms with Gasteiger partial charge in [-0.1, -0.05) is 18.2 Å². The Labute approximate surface area is 138 Å². The molecule has 4 nitrogen and oxygen atoms in total. The van der Waals surface area contributed by atoms with Gasteiger partial charge in [0.15, 0.2) is 0 Å². The van der Waals surface area contributed by atoms with Gasteiger partial charge >= 0.3 is 5.97 Å². The van der Waals surface area contributed by atoms with Crippen molar-refractivity contribution in [3.63, 3.8) is 0 Å². The summed E-state index contributed by atoms with van der Waals surface area (Å²) in [5.41, 5.74) is 1.60. The predicted octanol–water partition coefficient (Wildman–Crippen LogP) is 3.05. The molecule has 1 aliphatic carbocycles. The maximum absolute atomic E-state index is 12.2. The molecule has 1 saturated heterocycles. The first-order valence-electron chi connectivity index (χ1n) is 7.67. The first-order chi connectivity index (χ1) is 11.2. The van der Waals surface area contributed by atoms with Crippen LogP contribution in [0.1, 0.15) is 27.2 Å². The summed E-state index contributed by atoms with van der Waals surface area (Å²) >= 11 is 1.42. The van der Waals surface area contributed by atoms with Gasteiger partial charge in [0.1, 0.15) is 10.5 Å². The minimum Gasteiger partial charge on any atom is -0.453 e. The van der Waals surface area contributed by atoms with Crippen LogP contribution in [-0.4, -0.2) is 29.6 Å². The van der Waals surface area contributed by atoms with Gasteiger partial charge in [0.25, 0.3) is 0 Å². The summed E-state index contributed by atoms with van der Waals surface area (Å²) in [6.45, 7) is 2.60. The van der Waals surface area contributed by atoms with E-state index >= 15 is 0 Å². The number of carbonyl (C=O) groups is 1. The summed E-state index contributed by atoms with van der Waals surface area (Å²) in [6, 6.07) is 13.5. The van der Waals surface area contributed by atoms with Crippen LogP contribution in [0.15, 0.2) is 41.8 Å². The molecule has 0 N–H and O–H groups in total. The molecule has 4 rings (SSSR count). The van der Waals surface area contributed by atoms with Crippen LogP contribution in [-0.2, 0) is 11.3 Å². The lowest BCUT2D eigenvalue weighted by Gasteiger charge is -2.20. The quantitative estimate of drug-likeness (QED) is 0.811. The first-order valence-corrected chi connectivity index (χ1v) is 8.55. The van der Waals surface area contributed by atoms with E-state index in [4.69, 9.17) is 10.00 Å². The van der Waals surface area contributed by atoms with Gasteiger partial charge in [-0.15, -0.1) is 11.3 Å². The van der Waals surface area contributed by atoms with Crippen LogP contribution in [0.3, 0.4) is 0 Å². The van der Waals surface area contributed by atoms with E-state index in [0.717, 1.165) is 26.1 Å². The van der Waals surface area contributed by atoms with Crippen molar-refractivity contribution in [2.24, 2.45) is 5.92 Å². The van der Waals surface area contributed by atoms with Gasteiger partial charge in [-0.25, -0.2) is 4.79 Å². The van der Waals surface area contributed by atoms with E-state index in [1.54, 1.807) is 0 Å². The zero-order valence-corrected chi connectivity index (χ0v) is 13.4. The Kier molecular flexibility index (Phi) is 3.44. The molecule has 5 heteroatoms. The summed E-state index contributed by atoms with van der Waals surface area (Å²) in [7, 11) is 0. The zero-order valence-electron chi connectivity index (χ0n) is 12.6. The number of esters is 1. The number of benzene rings is 1. The summed E-state index contributed by atoms with van der Waals surface area (Å²) in [6.07, 6.45) is 0.980. The van der Waals surface area contributed by atoms with Gasteiger partial charge < -0.3 is 4.74 Å². The maximum atomic E-state index is 12.2. The monoisotopic (exact) mass is 324 g/mol. The highest BCUT2D eigenvalue weighted by Crippen LogP contribution is 2.53. The molecule has 2 heterocycles. The molecule has 1 aromatic carbocycles. The third-order valence-corrected chi connectivity index (χ3v) is 5.50. The van der Waals surface area contributed by atoms with Crippen molar-refractivity contribution < 1.29 is 9.53 Å². The SMILES string of the molecule is N#Cc1ccc(CN2CC3CC3(OC(=O)c3cccs3)C2)cc1. The minimum absolute atomic E-state index is 0.192. The van der Waals surface area contributed by atoms with Crippen molar-refractivity contribution in [3.8, 4) is 6.07 Å². The van der Waals surface area contributed by atoms with E-state index < -0.39 is 0 Å². The zero-order chi connectivity index (χ0) is 15.9. The number of nitriles is 1. The largest absolute Gasteiger partial charge is 0.453 e.